The highest BCUT2D eigenvalue weighted by atomic mass is 35.5. The highest BCUT2D eigenvalue weighted by molar-refractivity contribution is 6.36. The summed E-state index contributed by atoms with van der Waals surface area (Å²) in [5, 5.41) is 26.9. The summed E-state index contributed by atoms with van der Waals surface area (Å²) >= 11 is 6.52. The Kier molecular flexibility index (Phi) is 6.05. The summed E-state index contributed by atoms with van der Waals surface area (Å²) in [6.07, 6.45) is 5.35. The third-order valence-electron chi connectivity index (χ3n) is 5.24. The molecule has 0 radical (unpaired) electrons. The maximum Gasteiger partial charge on any atom is 0.249 e. The van der Waals surface area contributed by atoms with Gasteiger partial charge in [0, 0.05) is 35.7 Å². The third-order valence-corrected chi connectivity index (χ3v) is 5.53. The molecule has 36 heavy (non-hydrogen) atoms. The maximum atomic E-state index is 13.7. The summed E-state index contributed by atoms with van der Waals surface area (Å²) in [7, 11) is 0. The van der Waals surface area contributed by atoms with Gasteiger partial charge in [-0.1, -0.05) is 22.9 Å². The molecule has 13 heteroatoms. The van der Waals surface area contributed by atoms with Crippen molar-refractivity contribution < 1.29 is 13.2 Å². The summed E-state index contributed by atoms with van der Waals surface area (Å²) in [5.41, 5.74) is 2.46. The Bertz CT molecular complexity index is 1600. The van der Waals surface area contributed by atoms with Crippen LogP contribution in [0.4, 0.5) is 30.2 Å². The van der Waals surface area contributed by atoms with Crippen molar-refractivity contribution in [2.75, 3.05) is 10.6 Å². The van der Waals surface area contributed by atoms with Gasteiger partial charge in [-0.05, 0) is 23.8 Å². The third kappa shape index (κ3) is 4.47. The van der Waals surface area contributed by atoms with Crippen molar-refractivity contribution in [1.82, 2.24) is 30.4 Å². The van der Waals surface area contributed by atoms with Gasteiger partial charge in [-0.25, -0.2) is 14.4 Å². The van der Waals surface area contributed by atoms with E-state index in [1.165, 1.54) is 18.5 Å². The highest BCUT2D eigenvalue weighted by Crippen LogP contribution is 2.36. The lowest BCUT2D eigenvalue weighted by Gasteiger charge is -2.19. The molecule has 0 aliphatic carbocycles. The molecule has 1 aromatic carbocycles. The van der Waals surface area contributed by atoms with Crippen LogP contribution in [0.25, 0.3) is 10.9 Å². The number of H-pyrrole nitrogens is 1. The summed E-state index contributed by atoms with van der Waals surface area (Å²) in [6.45, 7) is 0. The molecule has 0 aliphatic rings. The topological polar surface area (TPSA) is 128 Å². The number of anilines is 3. The SMILES string of the molecule is N#Cc1cnc2c(Cl)cc(NC(c3ccc(F)nc3)c3c[nH]nn3)cc2c1Nc1cnc(F)c(F)c1. The van der Waals surface area contributed by atoms with Gasteiger partial charge in [0.1, 0.15) is 11.8 Å². The van der Waals surface area contributed by atoms with Gasteiger partial charge in [-0.2, -0.15) is 14.0 Å². The standard InChI is InChI=1S/C23H13ClF3N9/c24-16-4-13(33-21(18-10-32-36-35-18)11-1-2-19(26)29-7-11)3-15-20(12(6-28)8-30-22(15)16)34-14-5-17(25)23(27)31-9-14/h1-5,7-10,21,33H,(H,30,34)(H,32,35,36). The molecule has 3 N–H and O–H groups in total. The zero-order valence-corrected chi connectivity index (χ0v) is 18.7. The number of benzene rings is 1. The minimum absolute atomic E-state index is 0.116. The first-order chi connectivity index (χ1) is 17.4. The van der Waals surface area contributed by atoms with E-state index in [0.29, 0.717) is 27.8 Å². The molecule has 1 atom stereocenters. The zero-order valence-electron chi connectivity index (χ0n) is 18.0. The minimum atomic E-state index is -1.25. The van der Waals surface area contributed by atoms with E-state index in [0.717, 1.165) is 12.3 Å². The van der Waals surface area contributed by atoms with Crippen molar-refractivity contribution >= 4 is 39.6 Å². The van der Waals surface area contributed by atoms with Crippen LogP contribution >= 0.6 is 11.6 Å². The molecular weight excluding hydrogens is 495 g/mol. The normalized spacial score (nSPS) is 11.8. The van der Waals surface area contributed by atoms with Gasteiger partial charge in [-0.15, -0.1) is 5.10 Å². The van der Waals surface area contributed by atoms with E-state index in [1.54, 1.807) is 24.4 Å². The number of pyridine rings is 3. The molecule has 0 fully saturated rings. The number of fused-ring (bicyclic) bond motifs is 1. The molecule has 0 spiro atoms. The lowest BCUT2D eigenvalue weighted by molar-refractivity contribution is 0.480. The Labute approximate surface area is 206 Å². The number of nitrogens with one attached hydrogen (secondary N) is 3. The second-order valence-corrected chi connectivity index (χ2v) is 7.93. The van der Waals surface area contributed by atoms with Crippen LogP contribution in [-0.4, -0.2) is 30.4 Å². The van der Waals surface area contributed by atoms with Crippen LogP contribution in [-0.2, 0) is 0 Å². The minimum Gasteiger partial charge on any atom is -0.373 e. The largest absolute Gasteiger partial charge is 0.373 e. The van der Waals surface area contributed by atoms with Crippen LogP contribution in [0.5, 0.6) is 0 Å². The van der Waals surface area contributed by atoms with Crippen molar-refractivity contribution in [3.8, 4) is 6.07 Å². The molecule has 5 aromatic rings. The number of rotatable bonds is 6. The quantitative estimate of drug-likeness (QED) is 0.273. The summed E-state index contributed by atoms with van der Waals surface area (Å²) in [4.78, 5) is 11.3. The van der Waals surface area contributed by atoms with Crippen molar-refractivity contribution in [3.63, 3.8) is 0 Å². The average Bonchev–Trinajstić information content (AvgIpc) is 3.40. The number of hydrogen-bond acceptors (Lipinski definition) is 8. The van der Waals surface area contributed by atoms with Crippen molar-refractivity contribution in [2.45, 2.75) is 6.04 Å². The first-order valence-corrected chi connectivity index (χ1v) is 10.7. The number of halogens is 4. The van der Waals surface area contributed by atoms with E-state index in [9.17, 15) is 18.4 Å². The molecule has 5 rings (SSSR count). The Morgan fingerprint density at radius 3 is 2.56 bits per heavy atom. The monoisotopic (exact) mass is 507 g/mol. The molecule has 0 saturated carbocycles. The molecule has 178 valence electrons. The summed E-state index contributed by atoms with van der Waals surface area (Å²) in [5.74, 6) is -3.03. The van der Waals surface area contributed by atoms with Crippen LogP contribution in [0.1, 0.15) is 22.9 Å². The summed E-state index contributed by atoms with van der Waals surface area (Å²) < 4.78 is 40.5. The van der Waals surface area contributed by atoms with Crippen LogP contribution in [0.3, 0.4) is 0 Å². The van der Waals surface area contributed by atoms with Crippen LogP contribution < -0.4 is 10.6 Å². The lowest BCUT2D eigenvalue weighted by Crippen LogP contribution is -2.13. The predicted molar refractivity (Wildman–Crippen MR) is 125 cm³/mol. The summed E-state index contributed by atoms with van der Waals surface area (Å²) in [6, 6.07) is 8.42. The van der Waals surface area contributed by atoms with Gasteiger partial charge in [0.05, 0.1) is 39.7 Å². The highest BCUT2D eigenvalue weighted by Gasteiger charge is 2.20. The van der Waals surface area contributed by atoms with Gasteiger partial charge in [-0.3, -0.25) is 10.1 Å². The molecule has 9 nitrogen and oxygen atoms in total. The fraction of sp³-hybridized carbons (Fsp3) is 0.0435. The van der Waals surface area contributed by atoms with E-state index in [2.05, 4.69) is 41.0 Å². The van der Waals surface area contributed by atoms with E-state index < -0.39 is 23.8 Å². The fourth-order valence-electron chi connectivity index (χ4n) is 3.60. The molecular formula is C23H13ClF3N9. The van der Waals surface area contributed by atoms with E-state index in [1.807, 2.05) is 6.07 Å². The molecule has 0 aliphatic heterocycles. The molecule has 4 heterocycles. The number of hydrogen-bond donors (Lipinski definition) is 3. The first-order valence-electron chi connectivity index (χ1n) is 10.3. The molecule has 0 amide bonds. The molecule has 0 bridgehead atoms. The maximum absolute atomic E-state index is 13.7. The first kappa shape index (κ1) is 23.0. The second kappa shape index (κ2) is 9.47. The van der Waals surface area contributed by atoms with Gasteiger partial charge >= 0.3 is 0 Å². The van der Waals surface area contributed by atoms with Gasteiger partial charge < -0.3 is 10.6 Å². The molecule has 0 saturated heterocycles. The second-order valence-electron chi connectivity index (χ2n) is 7.52. The Hall–Kier alpha value is -4.76. The van der Waals surface area contributed by atoms with Gasteiger partial charge in [0.25, 0.3) is 0 Å². The van der Waals surface area contributed by atoms with Crippen molar-refractivity contribution in [2.24, 2.45) is 0 Å². The zero-order chi connectivity index (χ0) is 25.2. The van der Waals surface area contributed by atoms with Crippen LogP contribution in [0, 0.1) is 29.0 Å². The Morgan fingerprint density at radius 1 is 1.00 bits per heavy atom. The van der Waals surface area contributed by atoms with E-state index in [4.69, 9.17) is 11.6 Å². The number of aromatic nitrogens is 6. The van der Waals surface area contributed by atoms with Gasteiger partial charge in [0.2, 0.25) is 11.9 Å². The van der Waals surface area contributed by atoms with Crippen molar-refractivity contribution in [3.05, 3.63) is 94.7 Å². The van der Waals surface area contributed by atoms with E-state index >= 15 is 0 Å². The Balaban J connectivity index is 1.61. The van der Waals surface area contributed by atoms with Crippen molar-refractivity contribution in [1.29, 1.82) is 5.26 Å². The molecule has 4 aromatic heterocycles. The average molecular weight is 508 g/mol. The number of aromatic amines is 1. The van der Waals surface area contributed by atoms with Crippen LogP contribution in [0.15, 0.2) is 55.1 Å². The number of nitrogens with zero attached hydrogens (tertiary/aromatic N) is 6. The molecule has 1 unspecified atom stereocenters. The predicted octanol–water partition coefficient (Wildman–Crippen LogP) is 5.03. The Morgan fingerprint density at radius 2 is 1.86 bits per heavy atom. The van der Waals surface area contributed by atoms with Crippen LogP contribution in [0.2, 0.25) is 5.02 Å². The smallest absolute Gasteiger partial charge is 0.249 e. The number of nitriles is 1. The van der Waals surface area contributed by atoms with Gasteiger partial charge in [0.15, 0.2) is 5.82 Å². The lowest BCUT2D eigenvalue weighted by atomic mass is 10.0. The fourth-order valence-corrected chi connectivity index (χ4v) is 3.87. The van der Waals surface area contributed by atoms with E-state index in [-0.39, 0.29) is 22.0 Å².